The normalized spacial score (nSPS) is 12.9. The van der Waals surface area contributed by atoms with Crippen molar-refractivity contribution in [1.29, 1.82) is 0 Å². The quantitative estimate of drug-likeness (QED) is 0.147. The fraction of sp³-hybridized carbons (Fsp3) is 0.471. The lowest BCUT2D eigenvalue weighted by atomic mass is 10.2. The number of thioether (sulfide) groups is 1. The Hall–Kier alpha value is -2.75. The molecule has 0 spiro atoms. The second-order valence-corrected chi connectivity index (χ2v) is 8.83. The number of carbonyl (C=O) groups excluding carboxylic acids is 4. The molecule has 1 heterocycles. The van der Waals surface area contributed by atoms with Gasteiger partial charge in [-0.05, 0) is 12.1 Å². The number of pyridine rings is 1. The number of ether oxygens (including phenoxy) is 2. The Labute approximate surface area is 188 Å². The Morgan fingerprint density at radius 3 is 2.44 bits per heavy atom. The van der Waals surface area contributed by atoms with E-state index in [-0.39, 0.29) is 12.0 Å². The van der Waals surface area contributed by atoms with E-state index in [1.54, 1.807) is 6.07 Å². The van der Waals surface area contributed by atoms with Crippen molar-refractivity contribution in [2.24, 2.45) is 5.73 Å². The summed E-state index contributed by atoms with van der Waals surface area (Å²) in [6.45, 7) is -0.403. The molecule has 0 aromatic carbocycles. The zero-order valence-corrected chi connectivity index (χ0v) is 18.9. The topological polar surface area (TPSA) is 204 Å². The van der Waals surface area contributed by atoms with Crippen LogP contribution in [-0.2, 0) is 34.0 Å². The Morgan fingerprint density at radius 1 is 1.22 bits per heavy atom. The van der Waals surface area contributed by atoms with E-state index in [1.165, 1.54) is 31.1 Å². The van der Waals surface area contributed by atoms with Crippen molar-refractivity contribution in [2.75, 3.05) is 32.3 Å². The minimum Gasteiger partial charge on any atom is -0.467 e. The van der Waals surface area contributed by atoms with Crippen molar-refractivity contribution < 1.29 is 41.6 Å². The van der Waals surface area contributed by atoms with E-state index in [2.05, 4.69) is 25.1 Å². The molecule has 0 saturated carbocycles. The van der Waals surface area contributed by atoms with E-state index >= 15 is 0 Å². The highest BCUT2D eigenvalue weighted by atomic mass is 32.2. The van der Waals surface area contributed by atoms with E-state index < -0.39 is 58.3 Å². The van der Waals surface area contributed by atoms with Crippen molar-refractivity contribution in [3.05, 3.63) is 23.9 Å². The van der Waals surface area contributed by atoms with Gasteiger partial charge in [0.1, 0.15) is 12.1 Å². The zero-order chi connectivity index (χ0) is 24.3. The Morgan fingerprint density at radius 2 is 1.91 bits per heavy atom. The molecular weight excluding hydrogens is 468 g/mol. The highest BCUT2D eigenvalue weighted by Crippen LogP contribution is 2.16. The first kappa shape index (κ1) is 27.3. The van der Waals surface area contributed by atoms with Crippen LogP contribution in [0.25, 0.3) is 0 Å². The number of amides is 2. The molecule has 0 saturated heterocycles. The molecule has 5 N–H and O–H groups in total. The lowest BCUT2D eigenvalue weighted by Gasteiger charge is -2.18. The first-order chi connectivity index (χ1) is 15.0. The van der Waals surface area contributed by atoms with Crippen molar-refractivity contribution in [3.8, 4) is 0 Å². The van der Waals surface area contributed by atoms with Gasteiger partial charge in [-0.25, -0.2) is 14.6 Å². The van der Waals surface area contributed by atoms with Gasteiger partial charge in [0.05, 0.1) is 30.6 Å². The van der Waals surface area contributed by atoms with Gasteiger partial charge in [0.25, 0.3) is 10.1 Å². The van der Waals surface area contributed by atoms with Crippen LogP contribution in [0.2, 0.25) is 0 Å². The summed E-state index contributed by atoms with van der Waals surface area (Å²) in [7, 11) is -2.12. The summed E-state index contributed by atoms with van der Waals surface area (Å²) >= 11 is 1.24. The predicted octanol–water partition coefficient (Wildman–Crippen LogP) is -1.66. The van der Waals surface area contributed by atoms with Gasteiger partial charge >= 0.3 is 11.9 Å². The molecule has 2 unspecified atom stereocenters. The summed E-state index contributed by atoms with van der Waals surface area (Å²) in [6, 6.07) is 0.326. The summed E-state index contributed by atoms with van der Waals surface area (Å²) in [5.74, 6) is -3.52. The molecule has 0 fully saturated rings. The number of nitrogens with one attached hydrogen (secondary N) is 2. The van der Waals surface area contributed by atoms with Gasteiger partial charge in [-0.3, -0.25) is 14.1 Å². The molecule has 2 amide bonds. The maximum absolute atomic E-state index is 12.1. The summed E-state index contributed by atoms with van der Waals surface area (Å²) in [5, 5.41) is 5.18. The summed E-state index contributed by atoms with van der Waals surface area (Å²) < 4.78 is 39.4. The fourth-order valence-corrected chi connectivity index (χ4v) is 3.58. The van der Waals surface area contributed by atoms with E-state index in [0.717, 1.165) is 7.11 Å². The summed E-state index contributed by atoms with van der Waals surface area (Å²) in [6.07, 6.45) is 1.34. The van der Waals surface area contributed by atoms with Crippen molar-refractivity contribution in [3.63, 3.8) is 0 Å². The third kappa shape index (κ3) is 10.0. The van der Waals surface area contributed by atoms with Crippen LogP contribution >= 0.6 is 11.8 Å². The molecule has 32 heavy (non-hydrogen) atoms. The fourth-order valence-electron chi connectivity index (χ4n) is 2.19. The number of nitrogens with two attached hydrogens (primary N) is 1. The first-order valence-corrected chi connectivity index (χ1v) is 11.6. The SMILES string of the molecule is COC(=O)c1ccc(SCCC(=O)NC(CNC(=O)C(N)CS(=O)(=O)O)C(=O)OC)nc1. The van der Waals surface area contributed by atoms with Crippen LogP contribution in [0.15, 0.2) is 23.4 Å². The van der Waals surface area contributed by atoms with E-state index in [9.17, 15) is 27.6 Å². The van der Waals surface area contributed by atoms with Crippen LogP contribution in [0.1, 0.15) is 16.8 Å². The maximum Gasteiger partial charge on any atom is 0.339 e. The number of rotatable bonds is 12. The third-order valence-corrected chi connectivity index (χ3v) is 5.49. The largest absolute Gasteiger partial charge is 0.467 e. The number of esters is 2. The second kappa shape index (κ2) is 12.9. The maximum atomic E-state index is 12.1. The molecule has 1 rings (SSSR count). The number of carbonyl (C=O) groups is 4. The van der Waals surface area contributed by atoms with Crippen molar-refractivity contribution in [2.45, 2.75) is 23.5 Å². The van der Waals surface area contributed by atoms with E-state index in [0.29, 0.717) is 10.8 Å². The molecule has 178 valence electrons. The minimum atomic E-state index is -4.47. The highest BCUT2D eigenvalue weighted by molar-refractivity contribution is 7.99. The third-order valence-electron chi connectivity index (χ3n) is 3.76. The van der Waals surface area contributed by atoms with E-state index in [1.807, 2.05) is 0 Å². The zero-order valence-electron chi connectivity index (χ0n) is 17.3. The van der Waals surface area contributed by atoms with Gasteiger partial charge in [0.2, 0.25) is 11.8 Å². The van der Waals surface area contributed by atoms with Crippen LogP contribution in [0.3, 0.4) is 0 Å². The Bertz CT molecular complexity index is 922. The molecule has 1 aromatic rings. The average molecular weight is 493 g/mol. The molecule has 1 aromatic heterocycles. The molecule has 2 atom stereocenters. The Balaban J connectivity index is 2.53. The Kier molecular flexibility index (Phi) is 11.0. The molecular formula is C17H24N4O9S2. The lowest BCUT2D eigenvalue weighted by molar-refractivity contribution is -0.145. The van der Waals surface area contributed by atoms with Gasteiger partial charge < -0.3 is 25.8 Å². The number of methoxy groups -OCH3 is 2. The van der Waals surface area contributed by atoms with E-state index in [4.69, 9.17) is 10.3 Å². The monoisotopic (exact) mass is 492 g/mol. The van der Waals surface area contributed by atoms with Crippen LogP contribution in [0.5, 0.6) is 0 Å². The van der Waals surface area contributed by atoms with Crippen LogP contribution in [0.4, 0.5) is 0 Å². The minimum absolute atomic E-state index is 0.00515. The first-order valence-electron chi connectivity index (χ1n) is 8.99. The molecule has 0 aliphatic heterocycles. The van der Waals surface area contributed by atoms with Crippen molar-refractivity contribution in [1.82, 2.24) is 15.6 Å². The smallest absolute Gasteiger partial charge is 0.339 e. The van der Waals surface area contributed by atoms with Gasteiger partial charge in [-0.15, -0.1) is 11.8 Å². The number of hydrogen-bond donors (Lipinski definition) is 4. The van der Waals surface area contributed by atoms with Crippen LogP contribution in [0, 0.1) is 0 Å². The highest BCUT2D eigenvalue weighted by Gasteiger charge is 2.25. The van der Waals surface area contributed by atoms with Gasteiger partial charge in [0, 0.05) is 24.9 Å². The number of nitrogens with zero attached hydrogens (tertiary/aromatic N) is 1. The predicted molar refractivity (Wildman–Crippen MR) is 112 cm³/mol. The summed E-state index contributed by atoms with van der Waals surface area (Å²) in [5.41, 5.74) is 5.65. The second-order valence-electron chi connectivity index (χ2n) is 6.22. The average Bonchev–Trinajstić information content (AvgIpc) is 2.74. The molecule has 0 aliphatic carbocycles. The van der Waals surface area contributed by atoms with Gasteiger partial charge in [-0.2, -0.15) is 8.42 Å². The van der Waals surface area contributed by atoms with Crippen LogP contribution in [-0.4, -0.2) is 86.1 Å². The van der Waals surface area contributed by atoms with Gasteiger partial charge in [0.15, 0.2) is 0 Å². The number of hydrogen-bond acceptors (Lipinski definition) is 11. The molecule has 13 nitrogen and oxygen atoms in total. The number of aromatic nitrogens is 1. The van der Waals surface area contributed by atoms with Crippen molar-refractivity contribution >= 4 is 45.6 Å². The molecule has 0 radical (unpaired) electrons. The summed E-state index contributed by atoms with van der Waals surface area (Å²) in [4.78, 5) is 51.3. The molecule has 15 heteroatoms. The lowest BCUT2D eigenvalue weighted by Crippen LogP contribution is -2.52. The standard InChI is InChI=1S/C17H24N4O9S2/c1-29-16(24)10-3-4-14(19-7-10)31-6-5-13(22)21-12(17(25)30-2)8-20-15(23)11(18)9-32(26,27)28/h3-4,7,11-12H,5-6,8-9,18H2,1-2H3,(H,20,23)(H,21,22)(H,26,27,28). The van der Waals surface area contributed by atoms with Crippen LogP contribution < -0.4 is 16.4 Å². The molecule has 0 bridgehead atoms. The van der Waals surface area contributed by atoms with Gasteiger partial charge in [-0.1, -0.05) is 0 Å². The molecule has 0 aliphatic rings.